The summed E-state index contributed by atoms with van der Waals surface area (Å²) in [5, 5.41) is 5.12. The van der Waals surface area contributed by atoms with Gasteiger partial charge in [-0.05, 0) is 148 Å². The molecular formula is C69H43NO. The lowest BCUT2D eigenvalue weighted by Crippen LogP contribution is -2.29. The van der Waals surface area contributed by atoms with Gasteiger partial charge >= 0.3 is 0 Å². The van der Waals surface area contributed by atoms with Gasteiger partial charge in [-0.25, -0.2) is 0 Å². The van der Waals surface area contributed by atoms with Crippen LogP contribution in [0.3, 0.4) is 0 Å². The second kappa shape index (κ2) is 15.4. The first-order valence-electron chi connectivity index (χ1n) is 24.6. The fourth-order valence-corrected chi connectivity index (χ4v) is 12.6. The predicted molar refractivity (Wildman–Crippen MR) is 294 cm³/mol. The van der Waals surface area contributed by atoms with Gasteiger partial charge in [-0.2, -0.15) is 0 Å². The lowest BCUT2D eigenvalue weighted by atomic mass is 9.64. The van der Waals surface area contributed by atoms with Crippen molar-refractivity contribution in [1.82, 2.24) is 0 Å². The van der Waals surface area contributed by atoms with E-state index in [1.807, 2.05) is 6.07 Å². The number of ether oxygens (including phenoxy) is 1. The van der Waals surface area contributed by atoms with E-state index in [-0.39, 0.29) is 0 Å². The molecule has 0 N–H and O–H groups in total. The SMILES string of the molecule is c1ccc(-c2ccc(N(c3ccc4c(c3)-c3ccccc3Oc3ccccc3-4)c3ccc4c(c3)-c3ccccc3-c3ccccc3C43c4ccccc4-c4c3c3ccccc3c3ccccc43)cc2)cc1. The van der Waals surface area contributed by atoms with Crippen LogP contribution in [0.25, 0.3) is 88.3 Å². The highest BCUT2D eigenvalue weighted by molar-refractivity contribution is 6.20. The maximum atomic E-state index is 6.68. The summed E-state index contributed by atoms with van der Waals surface area (Å²) >= 11 is 0. The van der Waals surface area contributed by atoms with Crippen LogP contribution in [0.5, 0.6) is 11.5 Å². The van der Waals surface area contributed by atoms with Crippen LogP contribution in [0.4, 0.5) is 17.1 Å². The third kappa shape index (κ3) is 5.71. The molecule has 1 heterocycles. The Kier molecular flexibility index (Phi) is 8.61. The molecule has 1 spiro atoms. The summed E-state index contributed by atoms with van der Waals surface area (Å²) in [5.74, 6) is 1.70. The van der Waals surface area contributed by atoms with Gasteiger partial charge in [0.25, 0.3) is 0 Å². The van der Waals surface area contributed by atoms with Gasteiger partial charge in [0.1, 0.15) is 11.5 Å². The van der Waals surface area contributed by atoms with Crippen molar-refractivity contribution in [2.75, 3.05) is 4.90 Å². The van der Waals surface area contributed by atoms with Gasteiger partial charge in [-0.3, -0.25) is 0 Å². The minimum absolute atomic E-state index is 0.664. The summed E-state index contributed by atoms with van der Waals surface area (Å²) in [6.07, 6.45) is 0. The number of nitrogens with zero attached hydrogens (tertiary/aromatic N) is 1. The molecule has 330 valence electrons. The third-order valence-corrected chi connectivity index (χ3v) is 15.5. The van der Waals surface area contributed by atoms with Gasteiger partial charge in [0.05, 0.1) is 5.41 Å². The number of hydrogen-bond donors (Lipinski definition) is 0. The Morgan fingerprint density at radius 1 is 0.268 bits per heavy atom. The minimum atomic E-state index is -0.664. The van der Waals surface area contributed by atoms with Gasteiger partial charge < -0.3 is 9.64 Å². The summed E-state index contributed by atoms with van der Waals surface area (Å²) in [4.78, 5) is 2.45. The van der Waals surface area contributed by atoms with E-state index in [0.717, 1.165) is 50.8 Å². The molecule has 2 nitrogen and oxygen atoms in total. The van der Waals surface area contributed by atoms with E-state index in [1.165, 1.54) is 88.3 Å². The monoisotopic (exact) mass is 901 g/mol. The number of para-hydroxylation sites is 2. The highest BCUT2D eigenvalue weighted by atomic mass is 16.5. The molecule has 0 amide bonds. The average molecular weight is 902 g/mol. The largest absolute Gasteiger partial charge is 0.456 e. The van der Waals surface area contributed by atoms with Crippen LogP contribution < -0.4 is 9.64 Å². The zero-order chi connectivity index (χ0) is 46.6. The summed E-state index contributed by atoms with van der Waals surface area (Å²) in [7, 11) is 0. The predicted octanol–water partition coefficient (Wildman–Crippen LogP) is 18.6. The van der Waals surface area contributed by atoms with Crippen LogP contribution in [-0.4, -0.2) is 0 Å². The maximum absolute atomic E-state index is 6.68. The Balaban J connectivity index is 1.04. The quantitative estimate of drug-likeness (QED) is 0.163. The van der Waals surface area contributed by atoms with Crippen molar-refractivity contribution in [2.24, 2.45) is 0 Å². The van der Waals surface area contributed by atoms with Crippen LogP contribution >= 0.6 is 0 Å². The third-order valence-electron chi connectivity index (χ3n) is 15.5. The van der Waals surface area contributed by atoms with Crippen LogP contribution in [0.1, 0.15) is 22.3 Å². The normalized spacial score (nSPS) is 14.4. The molecule has 71 heavy (non-hydrogen) atoms. The van der Waals surface area contributed by atoms with Crippen molar-refractivity contribution in [1.29, 1.82) is 0 Å². The Morgan fingerprint density at radius 3 is 1.41 bits per heavy atom. The van der Waals surface area contributed by atoms with E-state index in [2.05, 4.69) is 260 Å². The van der Waals surface area contributed by atoms with Crippen LogP contribution in [0, 0.1) is 0 Å². The molecule has 15 rings (SSSR count). The van der Waals surface area contributed by atoms with Gasteiger partial charge in [-0.15, -0.1) is 0 Å². The number of rotatable bonds is 4. The Hall–Kier alpha value is -9.24. The first-order valence-corrected chi connectivity index (χ1v) is 24.6. The first-order chi connectivity index (χ1) is 35.2. The van der Waals surface area contributed by atoms with Crippen molar-refractivity contribution in [3.05, 3.63) is 283 Å². The molecule has 3 aliphatic rings. The molecule has 2 heteroatoms. The van der Waals surface area contributed by atoms with E-state index < -0.39 is 5.41 Å². The fourth-order valence-electron chi connectivity index (χ4n) is 12.6. The highest BCUT2D eigenvalue weighted by Gasteiger charge is 2.51. The second-order valence-electron chi connectivity index (χ2n) is 19.0. The van der Waals surface area contributed by atoms with E-state index in [4.69, 9.17) is 4.74 Å². The molecule has 0 fully saturated rings. The number of fused-ring (bicyclic) bond motifs is 22. The van der Waals surface area contributed by atoms with Crippen LogP contribution in [0.2, 0.25) is 0 Å². The van der Waals surface area contributed by atoms with Crippen molar-refractivity contribution in [3.63, 3.8) is 0 Å². The van der Waals surface area contributed by atoms with Gasteiger partial charge in [0.15, 0.2) is 0 Å². The van der Waals surface area contributed by atoms with Crippen molar-refractivity contribution in [2.45, 2.75) is 5.41 Å². The summed E-state index contributed by atoms with van der Waals surface area (Å²) in [6, 6.07) is 96.4. The molecule has 0 aromatic heterocycles. The smallest absolute Gasteiger partial charge is 0.135 e. The lowest BCUT2D eigenvalue weighted by Gasteiger charge is -2.37. The van der Waals surface area contributed by atoms with Gasteiger partial charge in [-0.1, -0.05) is 212 Å². The number of hydrogen-bond acceptors (Lipinski definition) is 2. The molecular weight excluding hydrogens is 859 g/mol. The second-order valence-corrected chi connectivity index (χ2v) is 19.0. The molecule has 2 aliphatic carbocycles. The number of benzene rings is 12. The van der Waals surface area contributed by atoms with Crippen molar-refractivity contribution >= 4 is 38.6 Å². The Morgan fingerprint density at radius 2 is 0.704 bits per heavy atom. The molecule has 12 aromatic carbocycles. The lowest BCUT2D eigenvalue weighted by molar-refractivity contribution is 0.488. The van der Waals surface area contributed by atoms with E-state index >= 15 is 0 Å². The summed E-state index contributed by atoms with van der Waals surface area (Å²) in [5.41, 5.74) is 22.0. The van der Waals surface area contributed by atoms with E-state index in [9.17, 15) is 0 Å². The van der Waals surface area contributed by atoms with Crippen LogP contribution in [-0.2, 0) is 5.41 Å². The van der Waals surface area contributed by atoms with Gasteiger partial charge in [0.2, 0.25) is 0 Å². The Bertz CT molecular complexity index is 4150. The van der Waals surface area contributed by atoms with Crippen molar-refractivity contribution in [3.8, 4) is 78.3 Å². The van der Waals surface area contributed by atoms with E-state index in [1.54, 1.807) is 0 Å². The molecule has 0 radical (unpaired) electrons. The molecule has 1 unspecified atom stereocenters. The highest BCUT2D eigenvalue weighted by Crippen LogP contribution is 2.64. The first kappa shape index (κ1) is 39.7. The molecule has 0 bridgehead atoms. The standard InChI is InChI=1S/C69H43NO/c1-2-18-44(19-3-1)45-34-36-46(37-35-45)70(47-38-40-53-55-25-12-16-32-65(55)71-66-33-17-13-26-56(66)60(53)42-47)48-39-41-64-61(43-48)52-23-5-4-20-49(52)54-24-10-14-30-62(54)69(64)63-31-15-11-29-59(63)67-57-27-8-6-21-50(57)51-22-7-9-28-58(51)68(67)69/h1-43H. The summed E-state index contributed by atoms with van der Waals surface area (Å²) < 4.78 is 6.68. The molecule has 12 aromatic rings. The zero-order valence-corrected chi connectivity index (χ0v) is 38.7. The average Bonchev–Trinajstić information content (AvgIpc) is 3.61. The number of anilines is 3. The minimum Gasteiger partial charge on any atom is -0.456 e. The summed E-state index contributed by atoms with van der Waals surface area (Å²) in [6.45, 7) is 0. The topological polar surface area (TPSA) is 12.5 Å². The zero-order valence-electron chi connectivity index (χ0n) is 38.7. The maximum Gasteiger partial charge on any atom is 0.135 e. The molecule has 1 aliphatic heterocycles. The molecule has 1 atom stereocenters. The molecule has 0 saturated carbocycles. The van der Waals surface area contributed by atoms with E-state index in [0.29, 0.717) is 0 Å². The molecule has 0 saturated heterocycles. The van der Waals surface area contributed by atoms with Gasteiger partial charge in [0, 0.05) is 28.2 Å². The van der Waals surface area contributed by atoms with Crippen LogP contribution in [0.15, 0.2) is 261 Å². The van der Waals surface area contributed by atoms with Crippen molar-refractivity contribution < 1.29 is 4.74 Å². The Labute approximate surface area is 413 Å². The fraction of sp³-hybridized carbons (Fsp3) is 0.0145.